The first-order valence-electron chi connectivity index (χ1n) is 12.2. The van der Waals surface area contributed by atoms with Crippen LogP contribution in [-0.2, 0) is 20.8 Å². The van der Waals surface area contributed by atoms with E-state index in [0.29, 0.717) is 30.7 Å². The maximum absolute atomic E-state index is 13.6. The molecule has 190 valence electrons. The summed E-state index contributed by atoms with van der Waals surface area (Å²) in [5.74, 6) is -0.163. The number of benzene rings is 1. The van der Waals surface area contributed by atoms with Crippen LogP contribution in [0.1, 0.15) is 42.6 Å². The number of Topliss-reactive ketones (excluding diaryl/α,β-unsaturated/α-hetero) is 1. The summed E-state index contributed by atoms with van der Waals surface area (Å²) in [5, 5.41) is 2.87. The summed E-state index contributed by atoms with van der Waals surface area (Å²) in [6.45, 7) is 4.31. The first-order valence-corrected chi connectivity index (χ1v) is 12.2. The second-order valence-electron chi connectivity index (χ2n) is 9.74. The molecule has 9 nitrogen and oxygen atoms in total. The summed E-state index contributed by atoms with van der Waals surface area (Å²) in [6.07, 6.45) is 4.41. The highest BCUT2D eigenvalue weighted by molar-refractivity contribution is 6.01. The quantitative estimate of drug-likeness (QED) is 0.603. The Kier molecular flexibility index (Phi) is 7.67. The van der Waals surface area contributed by atoms with Gasteiger partial charge in [0.25, 0.3) is 5.91 Å². The van der Waals surface area contributed by atoms with Gasteiger partial charge in [-0.25, -0.2) is 0 Å². The van der Waals surface area contributed by atoms with E-state index in [2.05, 4.69) is 10.3 Å². The summed E-state index contributed by atoms with van der Waals surface area (Å²) < 4.78 is 5.14. The predicted octanol–water partition coefficient (Wildman–Crippen LogP) is 1.86. The largest absolute Gasteiger partial charge is 0.497 e. The highest BCUT2D eigenvalue weighted by Crippen LogP contribution is 2.31. The third-order valence-corrected chi connectivity index (χ3v) is 6.77. The fourth-order valence-electron chi connectivity index (χ4n) is 5.05. The number of methoxy groups -OCH3 is 1. The number of ether oxygens (including phenoxy) is 1. The number of fused-ring (bicyclic) bond motifs is 1. The maximum atomic E-state index is 13.6. The van der Waals surface area contributed by atoms with Gasteiger partial charge in [-0.2, -0.15) is 0 Å². The number of hydrogen-bond acceptors (Lipinski definition) is 6. The number of carbonyl (C=O) groups excluding carboxylic acids is 4. The zero-order chi connectivity index (χ0) is 25.8. The van der Waals surface area contributed by atoms with E-state index in [9.17, 15) is 19.2 Å². The molecule has 0 aliphatic carbocycles. The lowest BCUT2D eigenvalue weighted by Gasteiger charge is -2.29. The van der Waals surface area contributed by atoms with E-state index >= 15 is 0 Å². The van der Waals surface area contributed by atoms with Crippen molar-refractivity contribution in [3.05, 3.63) is 59.9 Å². The minimum Gasteiger partial charge on any atom is -0.497 e. The minimum absolute atomic E-state index is 0.00867. The Morgan fingerprint density at radius 1 is 1.14 bits per heavy atom. The molecule has 1 N–H and O–H groups in total. The molecule has 2 aliphatic rings. The van der Waals surface area contributed by atoms with Crippen LogP contribution >= 0.6 is 0 Å². The van der Waals surface area contributed by atoms with Crippen LogP contribution in [0, 0.1) is 5.92 Å². The monoisotopic (exact) mass is 492 g/mol. The zero-order valence-electron chi connectivity index (χ0n) is 20.8. The van der Waals surface area contributed by atoms with E-state index in [0.717, 1.165) is 5.56 Å². The van der Waals surface area contributed by atoms with Gasteiger partial charge in [-0.15, -0.1) is 0 Å². The normalized spacial score (nSPS) is 19.8. The molecule has 2 fully saturated rings. The Bertz CT molecular complexity index is 1120. The van der Waals surface area contributed by atoms with Crippen molar-refractivity contribution in [2.75, 3.05) is 20.2 Å². The summed E-state index contributed by atoms with van der Waals surface area (Å²) in [7, 11) is 1.55. The first-order chi connectivity index (χ1) is 17.3. The zero-order valence-corrected chi connectivity index (χ0v) is 20.8. The number of rotatable bonds is 8. The average molecular weight is 493 g/mol. The molecule has 2 aromatic rings. The van der Waals surface area contributed by atoms with Crippen LogP contribution in [0.25, 0.3) is 0 Å². The lowest BCUT2D eigenvalue weighted by molar-refractivity contribution is -0.138. The summed E-state index contributed by atoms with van der Waals surface area (Å²) in [6, 6.07) is 8.46. The Hall–Kier alpha value is -3.75. The number of nitrogens with one attached hydrogen (secondary N) is 1. The maximum Gasteiger partial charge on any atom is 0.251 e. The van der Waals surface area contributed by atoms with E-state index in [1.54, 1.807) is 59.6 Å². The van der Waals surface area contributed by atoms with Gasteiger partial charge in [-0.05, 0) is 54.7 Å². The molecular weight excluding hydrogens is 460 g/mol. The number of aromatic nitrogens is 1. The van der Waals surface area contributed by atoms with Crippen LogP contribution in [0.3, 0.4) is 0 Å². The predicted molar refractivity (Wildman–Crippen MR) is 132 cm³/mol. The van der Waals surface area contributed by atoms with Crippen molar-refractivity contribution in [3.63, 3.8) is 0 Å². The number of likely N-dealkylation sites (tertiary alicyclic amines) is 2. The van der Waals surface area contributed by atoms with Crippen LogP contribution in [0.5, 0.6) is 5.75 Å². The summed E-state index contributed by atoms with van der Waals surface area (Å²) >= 11 is 0. The molecule has 3 amide bonds. The molecule has 2 saturated heterocycles. The number of hydrogen-bond donors (Lipinski definition) is 1. The highest BCUT2D eigenvalue weighted by Gasteiger charge is 2.52. The standard InChI is InChI=1S/C27H32N4O5/c1-17(2)13-21(29-26(34)19-6-8-20(36-3)9-7-19)27(35)30-12-10-22-25(30)23(32)16-31(22)24(33)14-18-5-4-11-28-15-18/h4-9,11,15,17,21-22,25H,10,12-14,16H2,1-3H3,(H,29,34). The first kappa shape index (κ1) is 25.3. The second-order valence-corrected chi connectivity index (χ2v) is 9.74. The molecule has 4 rings (SSSR count). The van der Waals surface area contributed by atoms with Crippen LogP contribution in [-0.4, -0.2) is 76.6 Å². The van der Waals surface area contributed by atoms with Crippen molar-refractivity contribution in [1.82, 2.24) is 20.1 Å². The van der Waals surface area contributed by atoms with Gasteiger partial charge in [0.15, 0.2) is 5.78 Å². The fourth-order valence-corrected chi connectivity index (χ4v) is 5.05. The average Bonchev–Trinajstić information content (AvgIpc) is 3.45. The van der Waals surface area contributed by atoms with Gasteiger partial charge in [0.05, 0.1) is 26.1 Å². The van der Waals surface area contributed by atoms with Crippen molar-refractivity contribution in [3.8, 4) is 5.75 Å². The van der Waals surface area contributed by atoms with E-state index in [1.165, 1.54) is 0 Å². The van der Waals surface area contributed by atoms with Gasteiger partial charge in [0.1, 0.15) is 17.8 Å². The van der Waals surface area contributed by atoms with Crippen molar-refractivity contribution >= 4 is 23.5 Å². The van der Waals surface area contributed by atoms with E-state index < -0.39 is 12.1 Å². The third kappa shape index (κ3) is 5.40. The summed E-state index contributed by atoms with van der Waals surface area (Å²) in [4.78, 5) is 59.7. The van der Waals surface area contributed by atoms with Crippen molar-refractivity contribution in [1.29, 1.82) is 0 Å². The second kappa shape index (κ2) is 10.9. The van der Waals surface area contributed by atoms with Crippen molar-refractivity contribution in [2.45, 2.75) is 51.2 Å². The Labute approximate surface area is 210 Å². The van der Waals surface area contributed by atoms with Gasteiger partial charge >= 0.3 is 0 Å². The molecule has 0 spiro atoms. The van der Waals surface area contributed by atoms with E-state index in [-0.39, 0.29) is 48.4 Å². The molecule has 9 heteroatoms. The Balaban J connectivity index is 1.46. The SMILES string of the molecule is COc1ccc(C(=O)NC(CC(C)C)C(=O)N2CCC3C2C(=O)CN3C(=O)Cc2cccnc2)cc1. The van der Waals surface area contributed by atoms with Crippen LogP contribution in [0.2, 0.25) is 0 Å². The minimum atomic E-state index is -0.772. The van der Waals surface area contributed by atoms with E-state index in [4.69, 9.17) is 4.74 Å². The van der Waals surface area contributed by atoms with Crippen molar-refractivity contribution < 1.29 is 23.9 Å². The summed E-state index contributed by atoms with van der Waals surface area (Å²) in [5.41, 5.74) is 1.20. The number of amides is 3. The lowest BCUT2D eigenvalue weighted by atomic mass is 10.0. The molecule has 3 heterocycles. The van der Waals surface area contributed by atoms with Crippen LogP contribution in [0.4, 0.5) is 0 Å². The van der Waals surface area contributed by atoms with Crippen LogP contribution in [0.15, 0.2) is 48.8 Å². The third-order valence-electron chi connectivity index (χ3n) is 6.77. The number of carbonyl (C=O) groups is 4. The molecule has 0 saturated carbocycles. The lowest BCUT2D eigenvalue weighted by Crippen LogP contribution is -2.53. The Morgan fingerprint density at radius 2 is 1.89 bits per heavy atom. The molecule has 3 atom stereocenters. The topological polar surface area (TPSA) is 109 Å². The highest BCUT2D eigenvalue weighted by atomic mass is 16.5. The fraction of sp³-hybridized carbons (Fsp3) is 0.444. The van der Waals surface area contributed by atoms with Gasteiger partial charge in [-0.1, -0.05) is 19.9 Å². The van der Waals surface area contributed by atoms with E-state index in [1.807, 2.05) is 19.9 Å². The number of pyridine rings is 1. The Morgan fingerprint density at radius 3 is 2.53 bits per heavy atom. The van der Waals surface area contributed by atoms with Crippen LogP contribution < -0.4 is 10.1 Å². The number of nitrogens with zero attached hydrogens (tertiary/aromatic N) is 3. The molecule has 3 unspecified atom stereocenters. The van der Waals surface area contributed by atoms with Gasteiger partial charge in [-0.3, -0.25) is 24.2 Å². The smallest absolute Gasteiger partial charge is 0.251 e. The molecule has 0 radical (unpaired) electrons. The number of ketones is 1. The van der Waals surface area contributed by atoms with Gasteiger partial charge in [0, 0.05) is 24.5 Å². The molecule has 36 heavy (non-hydrogen) atoms. The molecule has 1 aromatic heterocycles. The van der Waals surface area contributed by atoms with Gasteiger partial charge < -0.3 is 19.9 Å². The molecular formula is C27H32N4O5. The molecule has 1 aromatic carbocycles. The molecule has 0 bridgehead atoms. The van der Waals surface area contributed by atoms with Gasteiger partial charge in [0.2, 0.25) is 11.8 Å². The van der Waals surface area contributed by atoms with Crippen molar-refractivity contribution in [2.24, 2.45) is 5.92 Å². The molecule has 2 aliphatic heterocycles.